The van der Waals surface area contributed by atoms with Crippen molar-refractivity contribution in [2.45, 2.75) is 18.8 Å². The molecule has 0 fully saturated rings. The fourth-order valence-corrected chi connectivity index (χ4v) is 1.11. The van der Waals surface area contributed by atoms with Crippen molar-refractivity contribution in [2.75, 3.05) is 13.2 Å². The van der Waals surface area contributed by atoms with Gasteiger partial charge in [-0.1, -0.05) is 4.98 Å². The third-order valence-corrected chi connectivity index (χ3v) is 2.03. The molecule has 9 heteroatoms. The highest BCUT2D eigenvalue weighted by molar-refractivity contribution is 5.09. The van der Waals surface area contributed by atoms with Crippen LogP contribution in [0.15, 0.2) is 6.20 Å². The molecule has 0 bridgehead atoms. The van der Waals surface area contributed by atoms with Crippen molar-refractivity contribution in [1.29, 1.82) is 0 Å². The number of nitrogens with one attached hydrogen (secondary N) is 1. The van der Waals surface area contributed by atoms with Gasteiger partial charge >= 0.3 is 5.95 Å². The predicted molar refractivity (Wildman–Crippen MR) is 54.0 cm³/mol. The minimum atomic E-state index is -1.21. The summed E-state index contributed by atoms with van der Waals surface area (Å²) in [5.74, 6) is -0.410. The van der Waals surface area contributed by atoms with E-state index in [0.717, 1.165) is 0 Å². The molecule has 1 aromatic rings. The average Bonchev–Trinajstić information content (AvgIpc) is 2.78. The molecule has 96 valence electrons. The Morgan fingerprint density at radius 3 is 2.71 bits per heavy atom. The second-order valence-electron chi connectivity index (χ2n) is 3.25. The van der Waals surface area contributed by atoms with E-state index >= 15 is 0 Å². The Bertz CT molecular complexity index is 368. The molecular formula is C8H13N3O6. The van der Waals surface area contributed by atoms with Crippen molar-refractivity contribution in [3.8, 4) is 0 Å². The van der Waals surface area contributed by atoms with Gasteiger partial charge in [0.2, 0.25) is 0 Å². The third kappa shape index (κ3) is 3.75. The van der Waals surface area contributed by atoms with Crippen LogP contribution in [-0.2, 0) is 11.3 Å². The van der Waals surface area contributed by atoms with E-state index in [1.54, 1.807) is 0 Å². The standard InChI is InChI=1S/C8H13N3O6/c12-2-6(14)7(3-13)17-4-5-1-9-8(10-5)11(15)16/h1,6-7,12-14H,2-4H2,(H,9,10). The van der Waals surface area contributed by atoms with E-state index in [2.05, 4.69) is 9.97 Å². The fraction of sp³-hybridized carbons (Fsp3) is 0.625. The minimum Gasteiger partial charge on any atom is -0.394 e. The third-order valence-electron chi connectivity index (χ3n) is 2.03. The second kappa shape index (κ2) is 6.25. The van der Waals surface area contributed by atoms with E-state index in [4.69, 9.17) is 14.9 Å². The minimum absolute atomic E-state index is 0.118. The summed E-state index contributed by atoms with van der Waals surface area (Å²) in [7, 11) is 0. The highest BCUT2D eigenvalue weighted by Crippen LogP contribution is 2.08. The van der Waals surface area contributed by atoms with E-state index in [9.17, 15) is 15.2 Å². The number of nitrogens with zero attached hydrogens (tertiary/aromatic N) is 2. The Labute approximate surface area is 95.8 Å². The van der Waals surface area contributed by atoms with E-state index in [1.807, 2.05) is 0 Å². The smallest absolute Gasteiger partial charge is 0.394 e. The Hall–Kier alpha value is -1.55. The number of aliphatic hydroxyl groups is 3. The van der Waals surface area contributed by atoms with Crippen LogP contribution in [0.5, 0.6) is 0 Å². The van der Waals surface area contributed by atoms with Crippen LogP contribution < -0.4 is 0 Å². The van der Waals surface area contributed by atoms with E-state index in [-0.39, 0.29) is 12.3 Å². The van der Waals surface area contributed by atoms with Gasteiger partial charge in [0, 0.05) is 0 Å². The first-order chi connectivity index (χ1) is 8.08. The second-order valence-corrected chi connectivity index (χ2v) is 3.25. The molecule has 2 atom stereocenters. The topological polar surface area (TPSA) is 142 Å². The van der Waals surface area contributed by atoms with E-state index in [0.29, 0.717) is 0 Å². The van der Waals surface area contributed by atoms with E-state index < -0.39 is 36.3 Å². The van der Waals surface area contributed by atoms with E-state index in [1.165, 1.54) is 6.20 Å². The molecule has 17 heavy (non-hydrogen) atoms. The maximum absolute atomic E-state index is 10.3. The van der Waals surface area contributed by atoms with Gasteiger partial charge in [0.15, 0.2) is 5.69 Å². The van der Waals surface area contributed by atoms with Crippen LogP contribution >= 0.6 is 0 Å². The highest BCUT2D eigenvalue weighted by atomic mass is 16.6. The molecule has 0 aliphatic carbocycles. The lowest BCUT2D eigenvalue weighted by Crippen LogP contribution is -2.35. The number of ether oxygens (including phenoxy) is 1. The summed E-state index contributed by atoms with van der Waals surface area (Å²) in [4.78, 5) is 15.6. The molecule has 0 spiro atoms. The van der Waals surface area contributed by atoms with Gasteiger partial charge in [0.05, 0.1) is 13.2 Å². The molecule has 1 aromatic heterocycles. The zero-order valence-corrected chi connectivity index (χ0v) is 8.81. The number of hydrogen-bond acceptors (Lipinski definition) is 7. The van der Waals surface area contributed by atoms with Crippen molar-refractivity contribution in [3.05, 3.63) is 22.0 Å². The quantitative estimate of drug-likeness (QED) is 0.341. The largest absolute Gasteiger partial charge is 0.432 e. The zero-order valence-electron chi connectivity index (χ0n) is 8.81. The molecule has 0 saturated carbocycles. The van der Waals surface area contributed by atoms with Crippen molar-refractivity contribution >= 4 is 5.95 Å². The van der Waals surface area contributed by atoms with Gasteiger partial charge in [0.1, 0.15) is 25.0 Å². The number of H-pyrrole nitrogens is 1. The zero-order chi connectivity index (χ0) is 12.8. The molecule has 0 amide bonds. The molecule has 0 aromatic carbocycles. The molecule has 2 unspecified atom stereocenters. The lowest BCUT2D eigenvalue weighted by molar-refractivity contribution is -0.393. The van der Waals surface area contributed by atoms with Crippen LogP contribution in [0.4, 0.5) is 5.95 Å². The van der Waals surface area contributed by atoms with Gasteiger partial charge in [-0.25, -0.2) is 4.98 Å². The van der Waals surface area contributed by atoms with Gasteiger partial charge in [0.25, 0.3) is 0 Å². The van der Waals surface area contributed by atoms with Crippen LogP contribution in [0.3, 0.4) is 0 Å². The first-order valence-corrected chi connectivity index (χ1v) is 4.78. The number of hydrogen-bond donors (Lipinski definition) is 4. The molecule has 1 heterocycles. The fourth-order valence-electron chi connectivity index (χ4n) is 1.11. The van der Waals surface area contributed by atoms with Gasteiger partial charge in [-0.2, -0.15) is 0 Å². The number of rotatable bonds is 7. The highest BCUT2D eigenvalue weighted by Gasteiger charge is 2.20. The van der Waals surface area contributed by atoms with Gasteiger partial charge in [-0.15, -0.1) is 0 Å². The Balaban J connectivity index is 2.50. The lowest BCUT2D eigenvalue weighted by Gasteiger charge is -2.18. The number of aliphatic hydroxyl groups excluding tert-OH is 3. The summed E-state index contributed by atoms with van der Waals surface area (Å²) in [5, 5.41) is 37.1. The Kier molecular flexibility index (Phi) is 4.97. The maximum Gasteiger partial charge on any atom is 0.432 e. The SMILES string of the molecule is O=[N+]([O-])c1nc(COC(CO)C(O)CO)c[nH]1. The van der Waals surface area contributed by atoms with Crippen LogP contribution in [0.25, 0.3) is 0 Å². The predicted octanol–water partition coefficient (Wildman–Crippen LogP) is -1.45. The monoisotopic (exact) mass is 247 g/mol. The number of aromatic amines is 1. The summed E-state index contributed by atoms with van der Waals surface area (Å²) < 4.78 is 5.06. The van der Waals surface area contributed by atoms with Gasteiger partial charge < -0.3 is 30.2 Å². The van der Waals surface area contributed by atoms with Crippen LogP contribution in [0.1, 0.15) is 5.69 Å². The number of nitro groups is 1. The first kappa shape index (κ1) is 13.5. The van der Waals surface area contributed by atoms with Gasteiger partial charge in [-0.3, -0.25) is 0 Å². The summed E-state index contributed by atoms with van der Waals surface area (Å²) >= 11 is 0. The molecule has 9 nitrogen and oxygen atoms in total. The lowest BCUT2D eigenvalue weighted by atomic mass is 10.2. The maximum atomic E-state index is 10.3. The summed E-state index contributed by atoms with van der Waals surface area (Å²) in [5.41, 5.74) is 0.264. The van der Waals surface area contributed by atoms with Crippen LogP contribution in [-0.4, -0.2) is 55.6 Å². The van der Waals surface area contributed by atoms with Gasteiger partial charge in [-0.05, 0) is 4.92 Å². The first-order valence-electron chi connectivity index (χ1n) is 4.78. The average molecular weight is 247 g/mol. The summed E-state index contributed by atoms with van der Waals surface area (Å²) in [6, 6.07) is 0. The van der Waals surface area contributed by atoms with Crippen molar-refractivity contribution in [2.24, 2.45) is 0 Å². The van der Waals surface area contributed by atoms with Crippen molar-refractivity contribution < 1.29 is 25.0 Å². The molecular weight excluding hydrogens is 234 g/mol. The van der Waals surface area contributed by atoms with Crippen molar-refractivity contribution in [3.63, 3.8) is 0 Å². The molecule has 1 rings (SSSR count). The summed E-state index contributed by atoms with van der Waals surface area (Å²) in [6.07, 6.45) is -0.887. The Morgan fingerprint density at radius 2 is 2.24 bits per heavy atom. The molecule has 0 aliphatic heterocycles. The number of imidazole rings is 1. The number of aromatic nitrogens is 2. The van der Waals surface area contributed by atoms with Crippen LogP contribution in [0, 0.1) is 10.1 Å². The summed E-state index contributed by atoms with van der Waals surface area (Å²) in [6.45, 7) is -1.15. The van der Waals surface area contributed by atoms with Crippen molar-refractivity contribution in [1.82, 2.24) is 9.97 Å². The molecule has 0 saturated heterocycles. The Morgan fingerprint density at radius 1 is 1.53 bits per heavy atom. The molecule has 0 aliphatic rings. The van der Waals surface area contributed by atoms with Crippen LogP contribution in [0.2, 0.25) is 0 Å². The normalized spacial score (nSPS) is 14.5. The molecule has 0 radical (unpaired) electrons. The molecule has 4 N–H and O–H groups in total.